The predicted octanol–water partition coefficient (Wildman–Crippen LogP) is 3.92. The van der Waals surface area contributed by atoms with Gasteiger partial charge in [0.1, 0.15) is 6.61 Å². The maximum absolute atomic E-state index is 12.9. The summed E-state index contributed by atoms with van der Waals surface area (Å²) in [6.45, 7) is -3.37. The number of aliphatic hydroxyl groups excluding tert-OH is 1. The number of rotatable bonds is 3. The Bertz CT molecular complexity index is 335. The Balaban J connectivity index is 6.88. The van der Waals surface area contributed by atoms with Crippen molar-refractivity contribution < 1.29 is 62.2 Å². The van der Waals surface area contributed by atoms with Crippen LogP contribution in [0.3, 0.4) is 0 Å². The molecular weight excluding hydrogens is 347 g/mol. The van der Waals surface area contributed by atoms with Crippen molar-refractivity contribution in [2.45, 2.75) is 30.4 Å². The maximum atomic E-state index is 12.9. The van der Waals surface area contributed by atoms with Crippen molar-refractivity contribution in [3.05, 3.63) is 0 Å². The third kappa shape index (κ3) is 2.50. The molecule has 0 fully saturated rings. The molecule has 0 bridgehead atoms. The molecule has 14 heteroatoms. The highest BCUT2D eigenvalue weighted by Crippen LogP contribution is 2.69. The molecule has 0 aromatic carbocycles. The summed E-state index contributed by atoms with van der Waals surface area (Å²) in [7, 11) is 0. The molecule has 0 spiro atoms. The minimum Gasteiger partial charge on any atom is -0.390 e. The molecule has 0 aromatic heterocycles. The zero-order valence-corrected chi connectivity index (χ0v) is 9.07. The van der Waals surface area contributed by atoms with E-state index in [1.807, 2.05) is 0 Å². The number of alkyl halides is 13. The minimum absolute atomic E-state index is 3.37. The SMILES string of the molecule is OCC(F)(F)C(F)(F)C(C(F)(F)F)(C(F)(F)F)C(F)(F)F. The molecule has 1 N–H and O–H groups in total. The van der Waals surface area contributed by atoms with Crippen LogP contribution in [0.2, 0.25) is 0 Å². The van der Waals surface area contributed by atoms with Crippen molar-refractivity contribution in [3.63, 3.8) is 0 Å². The Morgan fingerprint density at radius 1 is 0.524 bits per heavy atom. The second kappa shape index (κ2) is 4.78. The van der Waals surface area contributed by atoms with E-state index in [0.29, 0.717) is 0 Å². The molecule has 0 saturated heterocycles. The van der Waals surface area contributed by atoms with Gasteiger partial charge in [0.15, 0.2) is 0 Å². The van der Waals surface area contributed by atoms with Gasteiger partial charge >= 0.3 is 35.8 Å². The van der Waals surface area contributed by atoms with E-state index in [9.17, 15) is 57.1 Å². The topological polar surface area (TPSA) is 20.2 Å². The Morgan fingerprint density at radius 3 is 0.905 bits per heavy atom. The highest BCUT2D eigenvalue weighted by molar-refractivity contribution is 5.12. The predicted molar refractivity (Wildman–Crippen MR) is 37.6 cm³/mol. The Kier molecular flexibility index (Phi) is 4.56. The van der Waals surface area contributed by atoms with Crippen LogP contribution in [0, 0.1) is 5.41 Å². The summed E-state index contributed by atoms with van der Waals surface area (Å²) >= 11 is 0. The van der Waals surface area contributed by atoms with Crippen molar-refractivity contribution in [1.82, 2.24) is 0 Å². The summed E-state index contributed by atoms with van der Waals surface area (Å²) in [5.41, 5.74) is -8.05. The van der Waals surface area contributed by atoms with E-state index < -0.39 is 42.4 Å². The number of aliphatic hydroxyl groups is 1. The standard InChI is InChI=1S/C7H3F13O/c8-2(9,1-21)4(10,11)3(5(12,13)14,6(15,16)17)7(18,19)20/h21H,1H2. The molecule has 128 valence electrons. The van der Waals surface area contributed by atoms with Gasteiger partial charge in [-0.25, -0.2) is 0 Å². The molecule has 0 aliphatic rings. The summed E-state index contributed by atoms with van der Waals surface area (Å²) in [5.74, 6) is -14.4. The lowest BCUT2D eigenvalue weighted by Gasteiger charge is -2.45. The molecule has 0 rings (SSSR count). The molecule has 0 aromatic rings. The first-order valence-corrected chi connectivity index (χ1v) is 4.38. The Morgan fingerprint density at radius 2 is 0.762 bits per heavy atom. The van der Waals surface area contributed by atoms with E-state index in [1.165, 1.54) is 0 Å². The molecule has 21 heavy (non-hydrogen) atoms. The summed E-state index contributed by atoms with van der Waals surface area (Å²) in [6, 6.07) is 0. The van der Waals surface area contributed by atoms with E-state index >= 15 is 0 Å². The van der Waals surface area contributed by atoms with Crippen LogP contribution in [0.4, 0.5) is 57.1 Å². The molecule has 0 saturated carbocycles. The molecule has 0 heterocycles. The highest BCUT2D eigenvalue weighted by atomic mass is 19.4. The second-order valence-electron chi connectivity index (χ2n) is 3.68. The average molecular weight is 350 g/mol. The van der Waals surface area contributed by atoms with Gasteiger partial charge in [-0.1, -0.05) is 0 Å². The minimum atomic E-state index is -8.05. The molecule has 0 aliphatic carbocycles. The second-order valence-corrected chi connectivity index (χ2v) is 3.68. The van der Waals surface area contributed by atoms with Gasteiger partial charge < -0.3 is 5.11 Å². The van der Waals surface area contributed by atoms with Crippen LogP contribution in [0.1, 0.15) is 0 Å². The van der Waals surface area contributed by atoms with Crippen molar-refractivity contribution in [2.24, 2.45) is 5.41 Å². The van der Waals surface area contributed by atoms with Gasteiger partial charge in [-0.15, -0.1) is 0 Å². The van der Waals surface area contributed by atoms with E-state index in [1.54, 1.807) is 0 Å². The molecule has 1 nitrogen and oxygen atoms in total. The third-order valence-corrected chi connectivity index (χ3v) is 2.40. The number of hydrogen-bond donors (Lipinski definition) is 1. The molecule has 0 amide bonds. The lowest BCUT2D eigenvalue weighted by Crippen LogP contribution is -2.73. The van der Waals surface area contributed by atoms with Crippen LogP contribution in [-0.4, -0.2) is 42.1 Å². The molecule has 0 radical (unpaired) electrons. The summed E-state index contributed by atoms with van der Waals surface area (Å²) in [4.78, 5) is 0. The largest absolute Gasteiger partial charge is 0.418 e. The van der Waals surface area contributed by atoms with Crippen LogP contribution < -0.4 is 0 Å². The van der Waals surface area contributed by atoms with E-state index in [-0.39, 0.29) is 0 Å². The third-order valence-electron chi connectivity index (χ3n) is 2.40. The highest BCUT2D eigenvalue weighted by Gasteiger charge is 2.97. The molecule has 0 aliphatic heterocycles. The van der Waals surface area contributed by atoms with Gasteiger partial charge in [0.25, 0.3) is 0 Å². The van der Waals surface area contributed by atoms with E-state index in [0.717, 1.165) is 0 Å². The van der Waals surface area contributed by atoms with Gasteiger partial charge in [-0.3, -0.25) is 0 Å². The summed E-state index contributed by atoms with van der Waals surface area (Å²) in [5, 5.41) is 7.76. The smallest absolute Gasteiger partial charge is 0.390 e. The Hall–Kier alpha value is -0.950. The maximum Gasteiger partial charge on any atom is 0.418 e. The van der Waals surface area contributed by atoms with Crippen LogP contribution in [0.15, 0.2) is 0 Å². The van der Waals surface area contributed by atoms with Gasteiger partial charge in [0.2, 0.25) is 0 Å². The van der Waals surface area contributed by atoms with Crippen molar-refractivity contribution in [1.29, 1.82) is 0 Å². The van der Waals surface area contributed by atoms with Gasteiger partial charge in [0.05, 0.1) is 0 Å². The van der Waals surface area contributed by atoms with Crippen LogP contribution in [-0.2, 0) is 0 Å². The first kappa shape index (κ1) is 20.1. The molecule has 0 atom stereocenters. The molecular formula is C7H3F13O. The number of hydrogen-bond acceptors (Lipinski definition) is 1. The van der Waals surface area contributed by atoms with E-state index in [2.05, 4.69) is 0 Å². The van der Waals surface area contributed by atoms with Crippen molar-refractivity contribution >= 4 is 0 Å². The normalized spacial score (nSPS) is 16.3. The fourth-order valence-corrected chi connectivity index (χ4v) is 1.39. The van der Waals surface area contributed by atoms with Gasteiger partial charge in [-0.05, 0) is 0 Å². The lowest BCUT2D eigenvalue weighted by molar-refractivity contribution is -0.497. The van der Waals surface area contributed by atoms with Crippen molar-refractivity contribution in [3.8, 4) is 0 Å². The fourth-order valence-electron chi connectivity index (χ4n) is 1.39. The number of halogens is 13. The first-order chi connectivity index (χ1) is 8.81. The summed E-state index contributed by atoms with van der Waals surface area (Å²) in [6.07, 6.45) is -23.6. The fraction of sp³-hybridized carbons (Fsp3) is 1.00. The quantitative estimate of drug-likeness (QED) is 0.765. The lowest BCUT2D eigenvalue weighted by atomic mass is 9.75. The zero-order chi connectivity index (χ0) is 17.7. The van der Waals surface area contributed by atoms with Gasteiger partial charge in [-0.2, -0.15) is 57.1 Å². The molecule has 0 unspecified atom stereocenters. The average Bonchev–Trinajstić information content (AvgIpc) is 2.09. The van der Waals surface area contributed by atoms with Crippen LogP contribution >= 0.6 is 0 Å². The van der Waals surface area contributed by atoms with E-state index in [4.69, 9.17) is 5.11 Å². The first-order valence-electron chi connectivity index (χ1n) is 4.38. The van der Waals surface area contributed by atoms with Crippen LogP contribution in [0.5, 0.6) is 0 Å². The monoisotopic (exact) mass is 350 g/mol. The van der Waals surface area contributed by atoms with Gasteiger partial charge in [0, 0.05) is 0 Å². The zero-order valence-electron chi connectivity index (χ0n) is 9.07. The summed E-state index contributed by atoms with van der Waals surface area (Å²) < 4.78 is 161. The Labute approximate surface area is 106 Å². The van der Waals surface area contributed by atoms with Crippen LogP contribution in [0.25, 0.3) is 0 Å². The van der Waals surface area contributed by atoms with Crippen molar-refractivity contribution in [2.75, 3.05) is 6.61 Å².